The van der Waals surface area contributed by atoms with Gasteiger partial charge in [0.1, 0.15) is 4.64 Å². The van der Waals surface area contributed by atoms with Crippen molar-refractivity contribution in [2.24, 2.45) is 0 Å². The number of halogens is 1. The van der Waals surface area contributed by atoms with Crippen molar-refractivity contribution >= 4 is 12.2 Å². The molecule has 0 radical (unpaired) electrons. The van der Waals surface area contributed by atoms with Gasteiger partial charge in [-0.25, -0.2) is 0 Å². The highest BCUT2D eigenvalue weighted by atomic mass is 32.1. The Morgan fingerprint density at radius 2 is 2.27 bits per heavy atom. The first kappa shape index (κ1) is 8.33. The van der Waals surface area contributed by atoms with E-state index in [1.54, 1.807) is 0 Å². The van der Waals surface area contributed by atoms with Crippen LogP contribution < -0.4 is 0 Å². The number of hydrogen-bond acceptors (Lipinski definition) is 2. The Hall–Kier alpha value is -0.770. The molecule has 11 heavy (non-hydrogen) atoms. The van der Waals surface area contributed by atoms with Crippen LogP contribution in [0.5, 0.6) is 0 Å². The Morgan fingerprint density at radius 1 is 1.64 bits per heavy atom. The molecule has 60 valence electrons. The number of rotatable bonds is 1. The summed E-state index contributed by atoms with van der Waals surface area (Å²) in [7, 11) is 0. The van der Waals surface area contributed by atoms with Gasteiger partial charge in [-0.05, 0) is 0 Å². The predicted molar refractivity (Wildman–Crippen MR) is 43.5 cm³/mol. The number of aromatic amines is 1. The lowest BCUT2D eigenvalue weighted by atomic mass is 10.1. The van der Waals surface area contributed by atoms with E-state index in [0.29, 0.717) is 10.3 Å². The predicted octanol–water partition coefficient (Wildman–Crippen LogP) is 2.40. The summed E-state index contributed by atoms with van der Waals surface area (Å²) in [5, 5.41) is 0. The average molecular weight is 172 g/mol. The van der Waals surface area contributed by atoms with Crippen LogP contribution in [0.15, 0.2) is 6.20 Å². The minimum atomic E-state index is -0.424. The summed E-state index contributed by atoms with van der Waals surface area (Å²) in [6.45, 7) is 3.75. The van der Waals surface area contributed by atoms with Crippen molar-refractivity contribution in [3.05, 3.63) is 22.5 Å². The SMILES string of the molecule is CC(C)c1ncc(=S)[nH]c1F. The van der Waals surface area contributed by atoms with Crippen molar-refractivity contribution in [3.63, 3.8) is 0 Å². The van der Waals surface area contributed by atoms with Gasteiger partial charge in [0.25, 0.3) is 0 Å². The Labute approximate surface area is 69.5 Å². The van der Waals surface area contributed by atoms with Crippen LogP contribution in [0.3, 0.4) is 0 Å². The van der Waals surface area contributed by atoms with E-state index in [2.05, 4.69) is 22.2 Å². The van der Waals surface area contributed by atoms with E-state index in [9.17, 15) is 4.39 Å². The zero-order valence-corrected chi connectivity index (χ0v) is 7.20. The maximum absolute atomic E-state index is 12.9. The molecular weight excluding hydrogens is 163 g/mol. The second-order valence-corrected chi connectivity index (χ2v) is 3.04. The monoisotopic (exact) mass is 172 g/mol. The quantitative estimate of drug-likeness (QED) is 0.659. The van der Waals surface area contributed by atoms with Crippen LogP contribution >= 0.6 is 12.2 Å². The zero-order chi connectivity index (χ0) is 8.43. The molecule has 1 aromatic rings. The van der Waals surface area contributed by atoms with Crippen molar-refractivity contribution in [3.8, 4) is 0 Å². The summed E-state index contributed by atoms with van der Waals surface area (Å²) in [5.41, 5.74) is 0.429. The summed E-state index contributed by atoms with van der Waals surface area (Å²) in [4.78, 5) is 6.27. The highest BCUT2D eigenvalue weighted by molar-refractivity contribution is 7.71. The first-order valence-corrected chi connectivity index (χ1v) is 3.77. The maximum Gasteiger partial charge on any atom is 0.214 e. The standard InChI is InChI=1S/C7H9FN2S/c1-4(2)6-7(8)10-5(11)3-9-6/h3-4H,1-2H3,(H,10,11). The van der Waals surface area contributed by atoms with Crippen LogP contribution in [0, 0.1) is 10.6 Å². The molecule has 0 aliphatic rings. The summed E-state index contributed by atoms with van der Waals surface area (Å²) < 4.78 is 13.2. The second-order valence-electron chi connectivity index (χ2n) is 2.60. The largest absolute Gasteiger partial charge is 0.320 e. The van der Waals surface area contributed by atoms with E-state index < -0.39 is 5.95 Å². The van der Waals surface area contributed by atoms with Gasteiger partial charge in [0.15, 0.2) is 0 Å². The van der Waals surface area contributed by atoms with Gasteiger partial charge < -0.3 is 4.98 Å². The summed E-state index contributed by atoms with van der Waals surface area (Å²) in [5.74, 6) is -0.339. The number of nitrogens with zero attached hydrogens (tertiary/aromatic N) is 1. The molecule has 0 amide bonds. The third-order valence-electron chi connectivity index (χ3n) is 1.33. The molecule has 0 aliphatic heterocycles. The van der Waals surface area contributed by atoms with Crippen LogP contribution in [0.2, 0.25) is 0 Å². The van der Waals surface area contributed by atoms with Crippen molar-refractivity contribution in [1.29, 1.82) is 0 Å². The zero-order valence-electron chi connectivity index (χ0n) is 6.39. The van der Waals surface area contributed by atoms with Crippen LogP contribution in [0.1, 0.15) is 25.5 Å². The van der Waals surface area contributed by atoms with E-state index in [-0.39, 0.29) is 5.92 Å². The second kappa shape index (κ2) is 3.09. The van der Waals surface area contributed by atoms with Crippen LogP contribution in [-0.4, -0.2) is 9.97 Å². The van der Waals surface area contributed by atoms with Crippen LogP contribution in [0.4, 0.5) is 4.39 Å². The van der Waals surface area contributed by atoms with Gasteiger partial charge in [0.2, 0.25) is 5.95 Å². The van der Waals surface area contributed by atoms with Gasteiger partial charge in [0, 0.05) is 5.92 Å². The minimum Gasteiger partial charge on any atom is -0.320 e. The Bertz CT molecular complexity index is 306. The van der Waals surface area contributed by atoms with Crippen LogP contribution in [-0.2, 0) is 0 Å². The molecule has 0 spiro atoms. The fraction of sp³-hybridized carbons (Fsp3) is 0.429. The molecule has 0 bridgehead atoms. The molecular formula is C7H9FN2S. The van der Waals surface area contributed by atoms with E-state index in [0.717, 1.165) is 0 Å². The fourth-order valence-electron chi connectivity index (χ4n) is 0.792. The van der Waals surface area contributed by atoms with Gasteiger partial charge in [-0.15, -0.1) is 0 Å². The molecule has 2 nitrogen and oxygen atoms in total. The smallest absolute Gasteiger partial charge is 0.214 e. The van der Waals surface area contributed by atoms with Gasteiger partial charge in [-0.1, -0.05) is 26.1 Å². The first-order valence-electron chi connectivity index (χ1n) is 3.36. The third-order valence-corrected chi connectivity index (χ3v) is 1.53. The number of H-pyrrole nitrogens is 1. The molecule has 1 N–H and O–H groups in total. The minimum absolute atomic E-state index is 0.0850. The van der Waals surface area contributed by atoms with E-state index >= 15 is 0 Å². The summed E-state index contributed by atoms with van der Waals surface area (Å²) in [6.07, 6.45) is 1.45. The molecule has 0 atom stereocenters. The highest BCUT2D eigenvalue weighted by Crippen LogP contribution is 2.12. The number of nitrogens with one attached hydrogen (secondary N) is 1. The van der Waals surface area contributed by atoms with Crippen molar-refractivity contribution in [2.75, 3.05) is 0 Å². The average Bonchev–Trinajstić information content (AvgIpc) is 1.85. The molecule has 1 aromatic heterocycles. The van der Waals surface area contributed by atoms with Crippen molar-refractivity contribution in [2.45, 2.75) is 19.8 Å². The molecule has 0 fully saturated rings. The summed E-state index contributed by atoms with van der Waals surface area (Å²) in [6, 6.07) is 0. The van der Waals surface area contributed by atoms with Gasteiger partial charge in [-0.2, -0.15) is 4.39 Å². The molecule has 4 heteroatoms. The molecule has 0 aromatic carbocycles. The molecule has 0 unspecified atom stereocenters. The maximum atomic E-state index is 12.9. The van der Waals surface area contributed by atoms with Crippen molar-refractivity contribution in [1.82, 2.24) is 9.97 Å². The topological polar surface area (TPSA) is 28.7 Å². The van der Waals surface area contributed by atoms with E-state index in [1.807, 2.05) is 13.8 Å². The molecule has 0 saturated heterocycles. The first-order chi connectivity index (χ1) is 5.11. The number of aromatic nitrogens is 2. The van der Waals surface area contributed by atoms with Crippen molar-refractivity contribution < 1.29 is 4.39 Å². The number of hydrogen-bond donors (Lipinski definition) is 1. The van der Waals surface area contributed by atoms with Gasteiger partial charge in [-0.3, -0.25) is 4.98 Å². The fourth-order valence-corrected chi connectivity index (χ4v) is 0.934. The normalized spacial score (nSPS) is 10.5. The Kier molecular flexibility index (Phi) is 2.34. The summed E-state index contributed by atoms with van der Waals surface area (Å²) >= 11 is 4.69. The molecule has 1 heterocycles. The highest BCUT2D eigenvalue weighted by Gasteiger charge is 2.06. The lowest BCUT2D eigenvalue weighted by Crippen LogP contribution is -1.99. The molecule has 1 rings (SSSR count). The lowest BCUT2D eigenvalue weighted by molar-refractivity contribution is 0.541. The molecule has 0 aliphatic carbocycles. The van der Waals surface area contributed by atoms with Gasteiger partial charge in [0.05, 0.1) is 11.9 Å². The van der Waals surface area contributed by atoms with Crippen LogP contribution in [0.25, 0.3) is 0 Å². The molecule has 0 saturated carbocycles. The Morgan fingerprint density at radius 3 is 2.73 bits per heavy atom. The third kappa shape index (κ3) is 1.83. The van der Waals surface area contributed by atoms with E-state index in [1.165, 1.54) is 6.20 Å². The lowest BCUT2D eigenvalue weighted by Gasteiger charge is -2.03. The van der Waals surface area contributed by atoms with E-state index in [4.69, 9.17) is 0 Å². The van der Waals surface area contributed by atoms with Gasteiger partial charge >= 0.3 is 0 Å². The Balaban J connectivity index is 3.20.